The molecule has 1 aliphatic rings. The van der Waals surface area contributed by atoms with Gasteiger partial charge in [-0.2, -0.15) is 4.31 Å². The smallest absolute Gasteiger partial charge is 0.255 e. The molecule has 1 saturated heterocycles. The summed E-state index contributed by atoms with van der Waals surface area (Å²) in [6.45, 7) is 6.76. The summed E-state index contributed by atoms with van der Waals surface area (Å²) in [5, 5.41) is 2.71. The van der Waals surface area contributed by atoms with Crippen molar-refractivity contribution in [3.8, 4) is 0 Å². The number of nitrogens with one attached hydrogen (secondary N) is 1. The molecule has 3 rings (SSSR count). The molecule has 2 atom stereocenters. The topological polar surface area (TPSA) is 66.5 Å². The number of carbonyl (C=O) groups is 1. The first-order chi connectivity index (χ1) is 13.2. The Kier molecular flexibility index (Phi) is 5.86. The fraction of sp³-hybridized carbons (Fsp3) is 0.381. The molecule has 1 heterocycles. The summed E-state index contributed by atoms with van der Waals surface area (Å²) in [4.78, 5) is 12.7. The van der Waals surface area contributed by atoms with E-state index in [9.17, 15) is 17.6 Å². The normalized spacial score (nSPS) is 20.7. The van der Waals surface area contributed by atoms with Gasteiger partial charge in [0.1, 0.15) is 5.82 Å². The molecule has 0 radical (unpaired) electrons. The van der Waals surface area contributed by atoms with Crippen molar-refractivity contribution in [3.05, 3.63) is 59.4 Å². The number of nitrogens with zero attached hydrogens (tertiary/aromatic N) is 1. The van der Waals surface area contributed by atoms with Crippen LogP contribution in [0.15, 0.2) is 47.4 Å². The Morgan fingerprint density at radius 2 is 1.79 bits per heavy atom. The van der Waals surface area contributed by atoms with Gasteiger partial charge in [-0.3, -0.25) is 4.79 Å². The van der Waals surface area contributed by atoms with Gasteiger partial charge in [-0.05, 0) is 67.1 Å². The van der Waals surface area contributed by atoms with E-state index >= 15 is 0 Å². The number of anilines is 1. The molecule has 5 nitrogen and oxygen atoms in total. The zero-order valence-corrected chi connectivity index (χ0v) is 17.1. The molecule has 0 spiro atoms. The minimum Gasteiger partial charge on any atom is -0.322 e. The van der Waals surface area contributed by atoms with E-state index in [1.54, 1.807) is 19.1 Å². The first-order valence-electron chi connectivity index (χ1n) is 9.34. The van der Waals surface area contributed by atoms with Crippen molar-refractivity contribution in [1.82, 2.24) is 4.31 Å². The lowest BCUT2D eigenvalue weighted by atomic mass is 9.94. The van der Waals surface area contributed by atoms with Gasteiger partial charge in [0.25, 0.3) is 5.91 Å². The van der Waals surface area contributed by atoms with Gasteiger partial charge < -0.3 is 5.32 Å². The molecule has 0 aromatic heterocycles. The second-order valence-electron chi connectivity index (χ2n) is 7.71. The lowest BCUT2D eigenvalue weighted by Crippen LogP contribution is -2.42. The molecule has 2 unspecified atom stereocenters. The first kappa shape index (κ1) is 20.5. The van der Waals surface area contributed by atoms with E-state index in [2.05, 4.69) is 5.32 Å². The third-order valence-corrected chi connectivity index (χ3v) is 6.83. The first-order valence-corrected chi connectivity index (χ1v) is 10.8. The summed E-state index contributed by atoms with van der Waals surface area (Å²) >= 11 is 0. The number of halogens is 1. The van der Waals surface area contributed by atoms with Gasteiger partial charge in [-0.25, -0.2) is 12.8 Å². The van der Waals surface area contributed by atoms with Gasteiger partial charge in [0.15, 0.2) is 0 Å². The monoisotopic (exact) mass is 404 g/mol. The molecule has 1 amide bonds. The van der Waals surface area contributed by atoms with Crippen LogP contribution in [-0.2, 0) is 10.0 Å². The van der Waals surface area contributed by atoms with Gasteiger partial charge in [0.2, 0.25) is 10.0 Å². The molecule has 28 heavy (non-hydrogen) atoms. The Bertz CT molecular complexity index is 981. The SMILES string of the molecule is Cc1cc(F)ccc1NC(=O)c1cccc(S(=O)(=O)N2CC(C)CC(C)C2)c1. The van der Waals surface area contributed by atoms with Crippen LogP contribution >= 0.6 is 0 Å². The van der Waals surface area contributed by atoms with Crippen LogP contribution in [0, 0.1) is 24.6 Å². The standard InChI is InChI=1S/C21H25FN2O3S/c1-14-9-15(2)13-24(12-14)28(26,27)19-6-4-5-17(11-19)21(25)23-20-8-7-18(22)10-16(20)3/h4-8,10-11,14-15H,9,12-13H2,1-3H3,(H,23,25). The van der Waals surface area contributed by atoms with Gasteiger partial charge >= 0.3 is 0 Å². The second-order valence-corrected chi connectivity index (χ2v) is 9.65. The Labute approximate surface area is 165 Å². The lowest BCUT2D eigenvalue weighted by molar-refractivity contribution is 0.102. The highest BCUT2D eigenvalue weighted by Crippen LogP contribution is 2.27. The molecule has 2 aromatic carbocycles. The number of hydrogen-bond acceptors (Lipinski definition) is 3. The highest BCUT2D eigenvalue weighted by atomic mass is 32.2. The maximum atomic E-state index is 13.2. The molecule has 150 valence electrons. The zero-order valence-electron chi connectivity index (χ0n) is 16.3. The average molecular weight is 405 g/mol. The molecule has 1 fully saturated rings. The number of carbonyl (C=O) groups excluding carboxylic acids is 1. The Morgan fingerprint density at radius 1 is 1.11 bits per heavy atom. The Hall–Kier alpha value is -2.25. The summed E-state index contributed by atoms with van der Waals surface area (Å²) in [7, 11) is -3.67. The molecule has 0 bridgehead atoms. The number of rotatable bonds is 4. The molecular formula is C21H25FN2O3S. The predicted molar refractivity (Wildman–Crippen MR) is 107 cm³/mol. The van der Waals surface area contributed by atoms with E-state index in [4.69, 9.17) is 0 Å². The summed E-state index contributed by atoms with van der Waals surface area (Å²) in [6, 6.07) is 10.1. The van der Waals surface area contributed by atoms with Gasteiger partial charge in [-0.1, -0.05) is 19.9 Å². The minimum atomic E-state index is -3.67. The van der Waals surface area contributed by atoms with Crippen LogP contribution < -0.4 is 5.32 Å². The summed E-state index contributed by atoms with van der Waals surface area (Å²) < 4.78 is 40.9. The van der Waals surface area contributed by atoms with E-state index < -0.39 is 15.9 Å². The number of amides is 1. The molecule has 0 saturated carbocycles. The van der Waals surface area contributed by atoms with Crippen molar-refractivity contribution in [3.63, 3.8) is 0 Å². The number of aryl methyl sites for hydroxylation is 1. The van der Waals surface area contributed by atoms with Gasteiger partial charge in [-0.15, -0.1) is 0 Å². The molecule has 2 aromatic rings. The Morgan fingerprint density at radius 3 is 2.43 bits per heavy atom. The van der Waals surface area contributed by atoms with Crippen molar-refractivity contribution in [1.29, 1.82) is 0 Å². The van der Waals surface area contributed by atoms with Crippen LogP contribution in [-0.4, -0.2) is 31.7 Å². The van der Waals surface area contributed by atoms with Crippen molar-refractivity contribution >= 4 is 21.6 Å². The number of benzene rings is 2. The fourth-order valence-electron chi connectivity index (χ4n) is 3.71. The third kappa shape index (κ3) is 4.42. The number of sulfonamides is 1. The molecule has 7 heteroatoms. The largest absolute Gasteiger partial charge is 0.322 e. The third-order valence-electron chi connectivity index (χ3n) is 5.01. The fourth-order valence-corrected chi connectivity index (χ4v) is 5.44. The van der Waals surface area contributed by atoms with E-state index in [-0.39, 0.29) is 16.3 Å². The highest BCUT2D eigenvalue weighted by molar-refractivity contribution is 7.89. The van der Waals surface area contributed by atoms with E-state index in [1.165, 1.54) is 34.6 Å². The summed E-state index contributed by atoms with van der Waals surface area (Å²) in [5.41, 5.74) is 1.31. The second kappa shape index (κ2) is 8.01. The summed E-state index contributed by atoms with van der Waals surface area (Å²) in [5.74, 6) is -0.223. The molecule has 1 N–H and O–H groups in total. The van der Waals surface area contributed by atoms with E-state index in [1.807, 2.05) is 13.8 Å². The maximum Gasteiger partial charge on any atom is 0.255 e. The van der Waals surface area contributed by atoms with Crippen LogP contribution in [0.5, 0.6) is 0 Å². The van der Waals surface area contributed by atoms with E-state index in [0.717, 1.165) is 6.42 Å². The minimum absolute atomic E-state index is 0.109. The van der Waals surface area contributed by atoms with Crippen LogP contribution in [0.3, 0.4) is 0 Å². The molecular weight excluding hydrogens is 379 g/mol. The van der Waals surface area contributed by atoms with Crippen molar-refractivity contribution in [2.45, 2.75) is 32.1 Å². The van der Waals surface area contributed by atoms with Crippen molar-refractivity contribution in [2.24, 2.45) is 11.8 Å². The lowest BCUT2D eigenvalue weighted by Gasteiger charge is -2.34. The van der Waals surface area contributed by atoms with Crippen LogP contribution in [0.2, 0.25) is 0 Å². The maximum absolute atomic E-state index is 13.2. The quantitative estimate of drug-likeness (QED) is 0.836. The molecule has 0 aliphatic carbocycles. The molecule has 1 aliphatic heterocycles. The zero-order chi connectivity index (χ0) is 20.5. The number of hydrogen-bond donors (Lipinski definition) is 1. The summed E-state index contributed by atoms with van der Waals surface area (Å²) in [6.07, 6.45) is 1.01. The van der Waals surface area contributed by atoms with Crippen LogP contribution in [0.1, 0.15) is 36.2 Å². The van der Waals surface area contributed by atoms with Gasteiger partial charge in [0.05, 0.1) is 4.90 Å². The number of piperidine rings is 1. The van der Waals surface area contributed by atoms with E-state index in [0.29, 0.717) is 36.2 Å². The van der Waals surface area contributed by atoms with Crippen LogP contribution in [0.4, 0.5) is 10.1 Å². The van der Waals surface area contributed by atoms with Crippen molar-refractivity contribution in [2.75, 3.05) is 18.4 Å². The predicted octanol–water partition coefficient (Wildman–Crippen LogP) is 4.05. The Balaban J connectivity index is 1.84. The van der Waals surface area contributed by atoms with Crippen LogP contribution in [0.25, 0.3) is 0 Å². The van der Waals surface area contributed by atoms with Crippen molar-refractivity contribution < 1.29 is 17.6 Å². The van der Waals surface area contributed by atoms with Gasteiger partial charge in [0, 0.05) is 24.3 Å². The highest BCUT2D eigenvalue weighted by Gasteiger charge is 2.32. The average Bonchev–Trinajstić information content (AvgIpc) is 2.63.